The van der Waals surface area contributed by atoms with Gasteiger partial charge in [-0.1, -0.05) is 12.1 Å². The van der Waals surface area contributed by atoms with Crippen LogP contribution >= 0.6 is 0 Å². The number of likely N-dealkylation sites (N-methyl/N-ethyl adjacent to an activating group) is 1. The van der Waals surface area contributed by atoms with Gasteiger partial charge >= 0.3 is 0 Å². The van der Waals surface area contributed by atoms with Crippen molar-refractivity contribution in [2.45, 2.75) is 19.9 Å². The van der Waals surface area contributed by atoms with Gasteiger partial charge in [0.05, 0.1) is 23.8 Å². The molecule has 0 aliphatic rings. The second-order valence-corrected chi connectivity index (χ2v) is 6.77. The molecule has 3 aromatic rings. The number of hydrogen-bond acceptors (Lipinski definition) is 4. The quantitative estimate of drug-likeness (QED) is 0.693. The molecule has 3 rings (SSSR count). The largest absolute Gasteiger partial charge is 0.336 e. The molecular weight excluding hydrogens is 375 g/mol. The first-order chi connectivity index (χ1) is 13.8. The van der Waals surface area contributed by atoms with Crippen molar-refractivity contribution in [1.82, 2.24) is 14.5 Å². The Bertz CT molecular complexity index is 1110. The molecule has 29 heavy (non-hydrogen) atoms. The zero-order valence-electron chi connectivity index (χ0n) is 16.2. The van der Waals surface area contributed by atoms with E-state index in [0.717, 1.165) is 5.56 Å². The number of fused-ring (bicyclic) bond motifs is 1. The minimum Gasteiger partial charge on any atom is -0.336 e. The summed E-state index contributed by atoms with van der Waals surface area (Å²) in [5.74, 6) is -1.08. The van der Waals surface area contributed by atoms with E-state index in [9.17, 15) is 18.8 Å². The highest BCUT2D eigenvalue weighted by atomic mass is 19.1. The summed E-state index contributed by atoms with van der Waals surface area (Å²) in [5, 5.41) is 3.10. The van der Waals surface area contributed by atoms with Crippen molar-refractivity contribution in [2.24, 2.45) is 0 Å². The predicted molar refractivity (Wildman–Crippen MR) is 108 cm³/mol. The number of hydrogen-bond donors (Lipinski definition) is 1. The molecule has 0 aliphatic heterocycles. The minimum absolute atomic E-state index is 0.0548. The summed E-state index contributed by atoms with van der Waals surface area (Å²) in [6.45, 7) is 1.90. The first-order valence-electron chi connectivity index (χ1n) is 9.09. The lowest BCUT2D eigenvalue weighted by Crippen LogP contribution is -2.35. The van der Waals surface area contributed by atoms with Crippen molar-refractivity contribution < 1.29 is 14.0 Å². The first kappa shape index (κ1) is 20.2. The Morgan fingerprint density at radius 2 is 1.90 bits per heavy atom. The highest BCUT2D eigenvalue weighted by Gasteiger charge is 2.14. The van der Waals surface area contributed by atoms with Gasteiger partial charge in [-0.15, -0.1) is 0 Å². The van der Waals surface area contributed by atoms with Crippen molar-refractivity contribution in [3.63, 3.8) is 0 Å². The van der Waals surface area contributed by atoms with Gasteiger partial charge in [-0.25, -0.2) is 9.37 Å². The smallest absolute Gasteiger partial charge is 0.261 e. The number of anilines is 1. The molecule has 0 saturated carbocycles. The molecule has 7 nitrogen and oxygen atoms in total. The molecule has 0 atom stereocenters. The van der Waals surface area contributed by atoms with E-state index in [-0.39, 0.29) is 31.0 Å². The molecule has 2 amide bonds. The van der Waals surface area contributed by atoms with Gasteiger partial charge in [-0.05, 0) is 42.8 Å². The Labute approximate surface area is 166 Å². The number of carbonyl (C=O) groups excluding carboxylic acids is 2. The number of amides is 2. The zero-order chi connectivity index (χ0) is 21.0. The van der Waals surface area contributed by atoms with Crippen LogP contribution in [0.4, 0.5) is 10.1 Å². The lowest BCUT2D eigenvalue weighted by Gasteiger charge is -2.17. The number of para-hydroxylation sites is 1. The van der Waals surface area contributed by atoms with E-state index in [4.69, 9.17) is 0 Å². The average Bonchev–Trinajstić information content (AvgIpc) is 2.69. The van der Waals surface area contributed by atoms with Crippen LogP contribution in [0.1, 0.15) is 12.0 Å². The van der Waals surface area contributed by atoms with E-state index in [1.807, 2.05) is 13.0 Å². The van der Waals surface area contributed by atoms with Gasteiger partial charge in [0, 0.05) is 25.7 Å². The van der Waals surface area contributed by atoms with E-state index >= 15 is 0 Å². The summed E-state index contributed by atoms with van der Waals surface area (Å²) in [6, 6.07) is 10.7. The molecule has 0 saturated heterocycles. The maximum Gasteiger partial charge on any atom is 0.261 e. The van der Waals surface area contributed by atoms with E-state index in [2.05, 4.69) is 10.3 Å². The Balaban J connectivity index is 1.58. The molecule has 0 bridgehead atoms. The maximum atomic E-state index is 12.9. The van der Waals surface area contributed by atoms with Crippen LogP contribution < -0.4 is 10.9 Å². The molecule has 0 radical (unpaired) electrons. The molecule has 0 spiro atoms. The van der Waals surface area contributed by atoms with Gasteiger partial charge in [0.15, 0.2) is 0 Å². The molecular formula is C21H21FN4O3. The molecule has 8 heteroatoms. The Morgan fingerprint density at radius 1 is 1.17 bits per heavy atom. The Kier molecular flexibility index (Phi) is 6.01. The molecule has 0 aliphatic carbocycles. The molecule has 1 N–H and O–H groups in total. The molecule has 1 aromatic heterocycles. The van der Waals surface area contributed by atoms with Gasteiger partial charge in [-0.2, -0.15) is 0 Å². The summed E-state index contributed by atoms with van der Waals surface area (Å²) in [5.41, 5.74) is 1.80. The van der Waals surface area contributed by atoms with Gasteiger partial charge in [-0.3, -0.25) is 19.0 Å². The normalized spacial score (nSPS) is 10.7. The van der Waals surface area contributed by atoms with Crippen molar-refractivity contribution in [3.8, 4) is 0 Å². The second kappa shape index (κ2) is 8.64. The number of nitrogens with one attached hydrogen (secondary N) is 1. The number of aromatic nitrogens is 2. The number of carbonyl (C=O) groups is 2. The van der Waals surface area contributed by atoms with Gasteiger partial charge < -0.3 is 10.2 Å². The summed E-state index contributed by atoms with van der Waals surface area (Å²) in [6.07, 6.45) is 1.49. The summed E-state index contributed by atoms with van der Waals surface area (Å²) >= 11 is 0. The van der Waals surface area contributed by atoms with Gasteiger partial charge in [0.25, 0.3) is 5.56 Å². The SMILES string of the molecule is Cc1cccc2c(=O)n(CCC(=O)N(C)CC(=O)Nc3ccc(F)cc3)cnc12. The zero-order valence-corrected chi connectivity index (χ0v) is 16.2. The van der Waals surface area contributed by atoms with Crippen molar-refractivity contribution in [3.05, 3.63) is 70.5 Å². The van der Waals surface area contributed by atoms with Crippen LogP contribution in [0.2, 0.25) is 0 Å². The van der Waals surface area contributed by atoms with Crippen molar-refractivity contribution in [2.75, 3.05) is 18.9 Å². The molecule has 0 fully saturated rings. The van der Waals surface area contributed by atoms with Crippen LogP contribution in [0.25, 0.3) is 10.9 Å². The van der Waals surface area contributed by atoms with Crippen LogP contribution in [0.15, 0.2) is 53.6 Å². The summed E-state index contributed by atoms with van der Waals surface area (Å²) in [7, 11) is 1.51. The predicted octanol–water partition coefficient (Wildman–Crippen LogP) is 2.33. The third-order valence-corrected chi connectivity index (χ3v) is 4.56. The summed E-state index contributed by atoms with van der Waals surface area (Å²) in [4.78, 5) is 42.6. The number of rotatable bonds is 6. The topological polar surface area (TPSA) is 84.3 Å². The number of nitrogens with zero attached hydrogens (tertiary/aromatic N) is 3. The molecule has 0 unspecified atom stereocenters. The third kappa shape index (κ3) is 4.84. The molecule has 150 valence electrons. The van der Waals surface area contributed by atoms with Crippen LogP contribution in [0.5, 0.6) is 0 Å². The molecule has 1 heterocycles. The van der Waals surface area contributed by atoms with Gasteiger partial charge in [0.2, 0.25) is 11.8 Å². The van der Waals surface area contributed by atoms with E-state index < -0.39 is 11.7 Å². The Hall–Kier alpha value is -3.55. The lowest BCUT2D eigenvalue weighted by molar-refractivity contribution is -0.133. The maximum absolute atomic E-state index is 12.9. The Morgan fingerprint density at radius 3 is 2.62 bits per heavy atom. The van der Waals surface area contributed by atoms with E-state index in [0.29, 0.717) is 16.6 Å². The van der Waals surface area contributed by atoms with Crippen molar-refractivity contribution >= 4 is 28.4 Å². The van der Waals surface area contributed by atoms with Crippen LogP contribution in [-0.4, -0.2) is 39.9 Å². The number of halogens is 1. The highest BCUT2D eigenvalue weighted by molar-refractivity contribution is 5.94. The van der Waals surface area contributed by atoms with Crippen LogP contribution in [0.3, 0.4) is 0 Å². The van der Waals surface area contributed by atoms with Crippen molar-refractivity contribution in [1.29, 1.82) is 0 Å². The minimum atomic E-state index is -0.399. The third-order valence-electron chi connectivity index (χ3n) is 4.56. The van der Waals surface area contributed by atoms with E-state index in [1.54, 1.807) is 12.1 Å². The fourth-order valence-electron chi connectivity index (χ4n) is 2.94. The monoisotopic (exact) mass is 396 g/mol. The number of benzene rings is 2. The fourth-order valence-corrected chi connectivity index (χ4v) is 2.94. The van der Waals surface area contributed by atoms with Crippen LogP contribution in [0, 0.1) is 12.7 Å². The van der Waals surface area contributed by atoms with E-state index in [1.165, 1.54) is 47.1 Å². The highest BCUT2D eigenvalue weighted by Crippen LogP contribution is 2.11. The average molecular weight is 396 g/mol. The summed E-state index contributed by atoms with van der Waals surface area (Å²) < 4.78 is 14.3. The van der Waals surface area contributed by atoms with Crippen LogP contribution in [-0.2, 0) is 16.1 Å². The second-order valence-electron chi connectivity index (χ2n) is 6.77. The lowest BCUT2D eigenvalue weighted by atomic mass is 10.1. The first-order valence-corrected chi connectivity index (χ1v) is 9.09. The van der Waals surface area contributed by atoms with Gasteiger partial charge in [0.1, 0.15) is 5.82 Å². The number of aryl methyl sites for hydroxylation is 2. The standard InChI is InChI=1S/C21H21FN4O3/c1-14-4-3-5-17-20(14)23-13-26(21(17)29)11-10-19(28)25(2)12-18(27)24-16-8-6-15(22)7-9-16/h3-9,13H,10-12H2,1-2H3,(H,24,27). The fraction of sp³-hybridized carbons (Fsp3) is 0.238. The molecule has 2 aromatic carbocycles.